The van der Waals surface area contributed by atoms with Crippen LogP contribution >= 0.6 is 11.3 Å². The van der Waals surface area contributed by atoms with E-state index >= 15 is 0 Å². The van der Waals surface area contributed by atoms with Gasteiger partial charge in [-0.1, -0.05) is 12.1 Å². The van der Waals surface area contributed by atoms with Crippen LogP contribution in [0.1, 0.15) is 47.5 Å². The zero-order valence-corrected chi connectivity index (χ0v) is 15.9. The van der Waals surface area contributed by atoms with Crippen LogP contribution < -0.4 is 5.56 Å². The standard InChI is InChI=1S/C21H22FN3OS/c22-14-7-5-13(6-8-14)11-25(15-9-10-15)12-18-23-20(26)19-16-3-1-2-4-17(16)27-21(19)24-18/h5-8,15H,1-4,9-12H2,(H,23,24,26). The summed E-state index contributed by atoms with van der Waals surface area (Å²) in [6.45, 7) is 1.36. The Morgan fingerprint density at radius 2 is 1.93 bits per heavy atom. The molecular formula is C21H22FN3OS. The molecule has 3 aromatic rings. The number of nitrogens with one attached hydrogen (secondary N) is 1. The first-order valence-corrected chi connectivity index (χ1v) is 10.5. The molecule has 0 radical (unpaired) electrons. The summed E-state index contributed by atoms with van der Waals surface area (Å²) in [7, 11) is 0. The minimum atomic E-state index is -0.213. The van der Waals surface area contributed by atoms with Gasteiger partial charge in [0.1, 0.15) is 16.5 Å². The number of nitrogens with zero attached hydrogens (tertiary/aromatic N) is 2. The molecule has 1 N–H and O–H groups in total. The Kier molecular flexibility index (Phi) is 4.32. The molecule has 1 aromatic carbocycles. The lowest BCUT2D eigenvalue weighted by Crippen LogP contribution is -2.27. The fourth-order valence-electron chi connectivity index (χ4n) is 4.05. The Hall–Kier alpha value is -2.05. The molecule has 1 saturated carbocycles. The van der Waals surface area contributed by atoms with E-state index in [1.54, 1.807) is 11.3 Å². The van der Waals surface area contributed by atoms with E-state index in [4.69, 9.17) is 4.98 Å². The average Bonchev–Trinajstić information content (AvgIpc) is 3.43. The van der Waals surface area contributed by atoms with Gasteiger partial charge in [0, 0.05) is 17.5 Å². The van der Waals surface area contributed by atoms with Gasteiger partial charge in [-0.2, -0.15) is 0 Å². The van der Waals surface area contributed by atoms with E-state index in [1.807, 2.05) is 12.1 Å². The summed E-state index contributed by atoms with van der Waals surface area (Å²) in [5.74, 6) is 0.523. The number of fused-ring (bicyclic) bond motifs is 3. The van der Waals surface area contributed by atoms with Gasteiger partial charge in [0.25, 0.3) is 5.56 Å². The van der Waals surface area contributed by atoms with E-state index in [0.717, 1.165) is 47.4 Å². The Balaban J connectivity index is 1.43. The molecule has 0 unspecified atom stereocenters. The number of rotatable bonds is 5. The predicted octanol–water partition coefficient (Wildman–Crippen LogP) is 4.17. The van der Waals surface area contributed by atoms with Gasteiger partial charge in [-0.25, -0.2) is 9.37 Å². The van der Waals surface area contributed by atoms with Gasteiger partial charge >= 0.3 is 0 Å². The SMILES string of the molecule is O=c1[nH]c(CN(Cc2ccc(F)cc2)C2CC2)nc2sc3c(c12)CCCC3. The third-order valence-corrected chi connectivity index (χ3v) is 6.77. The molecule has 0 atom stereocenters. The second-order valence-corrected chi connectivity index (χ2v) is 8.75. The maximum absolute atomic E-state index is 13.2. The first kappa shape index (κ1) is 17.1. The molecular weight excluding hydrogens is 361 g/mol. The largest absolute Gasteiger partial charge is 0.309 e. The van der Waals surface area contributed by atoms with Crippen LogP contribution in [0.3, 0.4) is 0 Å². The van der Waals surface area contributed by atoms with Crippen molar-refractivity contribution in [3.63, 3.8) is 0 Å². The van der Waals surface area contributed by atoms with Crippen molar-refractivity contribution in [1.29, 1.82) is 0 Å². The van der Waals surface area contributed by atoms with Crippen molar-refractivity contribution < 1.29 is 4.39 Å². The third-order valence-electron chi connectivity index (χ3n) is 5.59. The van der Waals surface area contributed by atoms with E-state index in [1.165, 1.54) is 41.8 Å². The van der Waals surface area contributed by atoms with Crippen molar-refractivity contribution in [1.82, 2.24) is 14.9 Å². The fourth-order valence-corrected chi connectivity index (χ4v) is 5.33. The second kappa shape index (κ2) is 6.84. The highest BCUT2D eigenvalue weighted by atomic mass is 32.1. The molecule has 1 fully saturated rings. The van der Waals surface area contributed by atoms with Gasteiger partial charge in [-0.15, -0.1) is 11.3 Å². The zero-order chi connectivity index (χ0) is 18.4. The summed E-state index contributed by atoms with van der Waals surface area (Å²) in [6.07, 6.45) is 6.77. The molecule has 2 aliphatic rings. The third kappa shape index (κ3) is 3.44. The van der Waals surface area contributed by atoms with Crippen LogP contribution in [-0.2, 0) is 25.9 Å². The molecule has 2 heterocycles. The summed E-state index contributed by atoms with van der Waals surface area (Å²) < 4.78 is 13.2. The molecule has 0 saturated heterocycles. The zero-order valence-electron chi connectivity index (χ0n) is 15.1. The summed E-state index contributed by atoms with van der Waals surface area (Å²) >= 11 is 1.69. The highest BCUT2D eigenvalue weighted by molar-refractivity contribution is 7.18. The first-order chi connectivity index (χ1) is 13.2. The molecule has 0 aliphatic heterocycles. The highest BCUT2D eigenvalue weighted by Gasteiger charge is 2.30. The Morgan fingerprint density at radius 1 is 1.15 bits per heavy atom. The van der Waals surface area contributed by atoms with Gasteiger partial charge < -0.3 is 4.98 Å². The van der Waals surface area contributed by atoms with Crippen molar-refractivity contribution in [2.75, 3.05) is 0 Å². The predicted molar refractivity (Wildman–Crippen MR) is 106 cm³/mol. The van der Waals surface area contributed by atoms with E-state index < -0.39 is 0 Å². The molecule has 0 spiro atoms. The van der Waals surface area contributed by atoms with Crippen LogP contribution in [0, 0.1) is 5.82 Å². The number of aromatic nitrogens is 2. The van der Waals surface area contributed by atoms with Gasteiger partial charge in [-0.05, 0) is 61.8 Å². The monoisotopic (exact) mass is 383 g/mol. The van der Waals surface area contributed by atoms with Crippen LogP contribution in [0.25, 0.3) is 10.2 Å². The lowest BCUT2D eigenvalue weighted by molar-refractivity contribution is 0.239. The van der Waals surface area contributed by atoms with E-state index in [-0.39, 0.29) is 11.4 Å². The van der Waals surface area contributed by atoms with Crippen LogP contribution in [0.4, 0.5) is 4.39 Å². The van der Waals surface area contributed by atoms with Gasteiger partial charge in [0.2, 0.25) is 0 Å². The fraction of sp³-hybridized carbons (Fsp3) is 0.429. The number of halogens is 1. The molecule has 140 valence electrons. The van der Waals surface area contributed by atoms with Crippen molar-refractivity contribution in [3.05, 3.63) is 62.3 Å². The van der Waals surface area contributed by atoms with Gasteiger partial charge in [0.05, 0.1) is 11.9 Å². The number of H-pyrrole nitrogens is 1. The van der Waals surface area contributed by atoms with Crippen molar-refractivity contribution in [3.8, 4) is 0 Å². The normalized spacial score (nSPS) is 16.8. The van der Waals surface area contributed by atoms with E-state index in [2.05, 4.69) is 9.88 Å². The number of benzene rings is 1. The molecule has 2 aromatic heterocycles. The molecule has 0 amide bonds. The Morgan fingerprint density at radius 3 is 2.70 bits per heavy atom. The number of thiophene rings is 1. The first-order valence-electron chi connectivity index (χ1n) is 9.69. The minimum absolute atomic E-state index is 0.00642. The average molecular weight is 383 g/mol. The topological polar surface area (TPSA) is 49.0 Å². The van der Waals surface area contributed by atoms with Crippen LogP contribution in [0.5, 0.6) is 0 Å². The molecule has 0 bridgehead atoms. The maximum atomic E-state index is 13.2. The quantitative estimate of drug-likeness (QED) is 0.719. The summed E-state index contributed by atoms with van der Waals surface area (Å²) in [4.78, 5) is 25.2. The molecule has 2 aliphatic carbocycles. The van der Waals surface area contributed by atoms with E-state index in [9.17, 15) is 9.18 Å². The summed E-state index contributed by atoms with van der Waals surface area (Å²) in [5.41, 5.74) is 2.32. The molecule has 6 heteroatoms. The number of aromatic amines is 1. The molecule has 27 heavy (non-hydrogen) atoms. The molecule has 4 nitrogen and oxygen atoms in total. The number of hydrogen-bond donors (Lipinski definition) is 1. The van der Waals surface area contributed by atoms with Crippen molar-refractivity contribution >= 4 is 21.6 Å². The highest BCUT2D eigenvalue weighted by Crippen LogP contribution is 2.34. The minimum Gasteiger partial charge on any atom is -0.309 e. The van der Waals surface area contributed by atoms with Gasteiger partial charge in [0.15, 0.2) is 0 Å². The summed E-state index contributed by atoms with van der Waals surface area (Å²) in [5, 5.41) is 0.815. The Labute approximate surface area is 161 Å². The summed E-state index contributed by atoms with van der Waals surface area (Å²) in [6, 6.07) is 7.19. The maximum Gasteiger partial charge on any atom is 0.259 e. The van der Waals surface area contributed by atoms with E-state index in [0.29, 0.717) is 12.6 Å². The van der Waals surface area contributed by atoms with Crippen LogP contribution in [0.2, 0.25) is 0 Å². The van der Waals surface area contributed by atoms with Crippen LogP contribution in [-0.4, -0.2) is 20.9 Å². The lowest BCUT2D eigenvalue weighted by atomic mass is 9.97. The molecule has 5 rings (SSSR count). The number of aryl methyl sites for hydroxylation is 2. The van der Waals surface area contributed by atoms with Crippen molar-refractivity contribution in [2.45, 2.75) is 57.7 Å². The second-order valence-electron chi connectivity index (χ2n) is 7.67. The van der Waals surface area contributed by atoms with Crippen LogP contribution in [0.15, 0.2) is 29.1 Å². The van der Waals surface area contributed by atoms with Crippen molar-refractivity contribution in [2.24, 2.45) is 0 Å². The van der Waals surface area contributed by atoms with Gasteiger partial charge in [-0.3, -0.25) is 9.69 Å². The lowest BCUT2D eigenvalue weighted by Gasteiger charge is -2.21. The smallest absolute Gasteiger partial charge is 0.259 e. The number of hydrogen-bond acceptors (Lipinski definition) is 4. The Bertz CT molecular complexity index is 1040.